The zero-order valence-corrected chi connectivity index (χ0v) is 11.5. The van der Waals surface area contributed by atoms with Gasteiger partial charge in [0.2, 0.25) is 0 Å². The Hall–Kier alpha value is -0.130. The number of hydrogen-bond acceptors (Lipinski definition) is 4. The van der Waals surface area contributed by atoms with Gasteiger partial charge in [-0.25, -0.2) is 4.98 Å². The van der Waals surface area contributed by atoms with E-state index >= 15 is 0 Å². The minimum Gasteiger partial charge on any atom is -0.380 e. The van der Waals surface area contributed by atoms with Gasteiger partial charge in [0.05, 0.1) is 6.61 Å². The molecular weight excluding hydrogens is 276 g/mol. The van der Waals surface area contributed by atoms with Crippen molar-refractivity contribution in [3.05, 3.63) is 9.98 Å². The van der Waals surface area contributed by atoms with E-state index in [9.17, 15) is 0 Å². The zero-order chi connectivity index (χ0) is 11.1. The summed E-state index contributed by atoms with van der Waals surface area (Å²) in [6.07, 6.45) is 1.13. The monoisotopic (exact) mass is 292 g/mol. The second-order valence-electron chi connectivity index (χ2n) is 3.70. The van der Waals surface area contributed by atoms with Gasteiger partial charge in [-0.3, -0.25) is 0 Å². The van der Waals surface area contributed by atoms with E-state index in [1.54, 1.807) is 11.3 Å². The summed E-state index contributed by atoms with van der Waals surface area (Å²) in [6, 6.07) is 0. The number of ether oxygens (including phenoxy) is 1. The normalized spacial score (nSPS) is 10.9. The molecule has 1 rings (SSSR count). The molecule has 0 aliphatic rings. The van der Waals surface area contributed by atoms with E-state index < -0.39 is 0 Å². The van der Waals surface area contributed by atoms with Crippen LogP contribution in [0.25, 0.3) is 0 Å². The molecule has 1 N–H and O–H groups in total. The average molecular weight is 293 g/mol. The molecule has 0 aromatic carbocycles. The zero-order valence-electron chi connectivity index (χ0n) is 9.12. The summed E-state index contributed by atoms with van der Waals surface area (Å²) in [6.45, 7) is 6.81. The van der Waals surface area contributed by atoms with Gasteiger partial charge in [-0.05, 0) is 28.3 Å². The number of anilines is 1. The first-order valence-electron chi connectivity index (χ1n) is 5.11. The molecule has 0 saturated heterocycles. The molecule has 0 aliphatic carbocycles. The van der Waals surface area contributed by atoms with Crippen molar-refractivity contribution in [2.45, 2.75) is 20.3 Å². The van der Waals surface area contributed by atoms with Crippen LogP contribution < -0.4 is 5.32 Å². The second-order valence-corrected chi connectivity index (χ2v) is 5.37. The van der Waals surface area contributed by atoms with Crippen molar-refractivity contribution in [2.24, 2.45) is 5.92 Å². The molecule has 0 amide bonds. The van der Waals surface area contributed by atoms with E-state index in [1.165, 1.54) is 0 Å². The van der Waals surface area contributed by atoms with E-state index in [0.29, 0.717) is 5.92 Å². The van der Waals surface area contributed by atoms with Gasteiger partial charge in [0.15, 0.2) is 5.13 Å². The fourth-order valence-corrected chi connectivity index (χ4v) is 2.16. The van der Waals surface area contributed by atoms with Crippen LogP contribution in [0.5, 0.6) is 0 Å². The van der Waals surface area contributed by atoms with Crippen LogP contribution in [-0.2, 0) is 4.74 Å². The summed E-state index contributed by atoms with van der Waals surface area (Å²) < 4.78 is 6.36. The van der Waals surface area contributed by atoms with Gasteiger partial charge in [0.1, 0.15) is 4.60 Å². The van der Waals surface area contributed by atoms with Crippen molar-refractivity contribution in [2.75, 3.05) is 25.1 Å². The van der Waals surface area contributed by atoms with Crippen LogP contribution in [-0.4, -0.2) is 24.7 Å². The Balaban J connectivity index is 1.98. The minimum absolute atomic E-state index is 0.716. The molecule has 3 nitrogen and oxygen atoms in total. The Morgan fingerprint density at radius 2 is 2.33 bits per heavy atom. The lowest BCUT2D eigenvalue weighted by atomic mass is 10.1. The van der Waals surface area contributed by atoms with Crippen LogP contribution in [0.2, 0.25) is 0 Å². The van der Waals surface area contributed by atoms with Gasteiger partial charge < -0.3 is 10.1 Å². The van der Waals surface area contributed by atoms with Gasteiger partial charge >= 0.3 is 0 Å². The fraction of sp³-hybridized carbons (Fsp3) is 0.700. The van der Waals surface area contributed by atoms with Crippen molar-refractivity contribution in [1.82, 2.24) is 4.98 Å². The maximum Gasteiger partial charge on any atom is 0.183 e. The molecular formula is C10H17BrN2OS. The lowest BCUT2D eigenvalue weighted by Crippen LogP contribution is -2.10. The summed E-state index contributed by atoms with van der Waals surface area (Å²) >= 11 is 4.90. The highest BCUT2D eigenvalue weighted by molar-refractivity contribution is 9.10. The Kier molecular flexibility index (Phi) is 6.20. The highest BCUT2D eigenvalue weighted by atomic mass is 79.9. The van der Waals surface area contributed by atoms with Crippen LogP contribution >= 0.6 is 27.3 Å². The molecule has 0 bridgehead atoms. The Morgan fingerprint density at radius 3 is 2.93 bits per heavy atom. The Morgan fingerprint density at radius 1 is 1.53 bits per heavy atom. The molecule has 0 saturated carbocycles. The summed E-state index contributed by atoms with van der Waals surface area (Å²) in [5.74, 6) is 0.716. The number of thiazole rings is 1. The Labute approximate surface area is 103 Å². The lowest BCUT2D eigenvalue weighted by Gasteiger charge is -2.06. The number of aromatic nitrogens is 1. The molecule has 86 valence electrons. The molecule has 5 heteroatoms. The molecule has 15 heavy (non-hydrogen) atoms. The number of nitrogens with zero attached hydrogens (tertiary/aromatic N) is 1. The van der Waals surface area contributed by atoms with Crippen LogP contribution in [0.15, 0.2) is 9.98 Å². The van der Waals surface area contributed by atoms with Crippen molar-refractivity contribution in [3.8, 4) is 0 Å². The molecule has 0 spiro atoms. The van der Waals surface area contributed by atoms with Crippen LogP contribution in [0.3, 0.4) is 0 Å². The summed E-state index contributed by atoms with van der Waals surface area (Å²) in [5, 5.41) is 6.11. The summed E-state index contributed by atoms with van der Waals surface area (Å²) in [7, 11) is 0. The van der Waals surface area contributed by atoms with E-state index in [4.69, 9.17) is 4.74 Å². The van der Waals surface area contributed by atoms with Gasteiger partial charge in [-0.15, -0.1) is 11.3 Å². The van der Waals surface area contributed by atoms with Crippen molar-refractivity contribution >= 4 is 32.4 Å². The highest BCUT2D eigenvalue weighted by Gasteiger charge is 1.98. The van der Waals surface area contributed by atoms with Crippen molar-refractivity contribution in [3.63, 3.8) is 0 Å². The summed E-state index contributed by atoms with van der Waals surface area (Å²) in [4.78, 5) is 4.23. The van der Waals surface area contributed by atoms with Gasteiger partial charge in [-0.2, -0.15) is 0 Å². The number of rotatable bonds is 7. The molecule has 0 atom stereocenters. The standard InChI is InChI=1S/C10H17BrN2OS/c1-8(2)3-5-14-6-4-12-10-13-9(11)7-15-10/h7-8H,3-6H2,1-2H3,(H,12,13). The van der Waals surface area contributed by atoms with Crippen LogP contribution in [0.1, 0.15) is 20.3 Å². The third-order valence-corrected chi connectivity index (χ3v) is 3.35. The number of hydrogen-bond donors (Lipinski definition) is 1. The van der Waals surface area contributed by atoms with Crippen LogP contribution in [0, 0.1) is 5.92 Å². The topological polar surface area (TPSA) is 34.1 Å². The quantitative estimate of drug-likeness (QED) is 0.783. The smallest absolute Gasteiger partial charge is 0.183 e. The molecule has 0 aliphatic heterocycles. The van der Waals surface area contributed by atoms with E-state index in [2.05, 4.69) is 40.1 Å². The predicted octanol–water partition coefficient (Wildman–Crippen LogP) is 3.38. The highest BCUT2D eigenvalue weighted by Crippen LogP contribution is 2.18. The first kappa shape index (κ1) is 12.9. The molecule has 1 aromatic heterocycles. The lowest BCUT2D eigenvalue weighted by molar-refractivity contribution is 0.132. The minimum atomic E-state index is 0.716. The molecule has 0 fully saturated rings. The first-order valence-corrected chi connectivity index (χ1v) is 6.78. The summed E-state index contributed by atoms with van der Waals surface area (Å²) in [5.41, 5.74) is 0. The SMILES string of the molecule is CC(C)CCOCCNc1nc(Br)cs1. The Bertz CT molecular complexity index is 278. The molecule has 1 aromatic rings. The van der Waals surface area contributed by atoms with E-state index in [0.717, 1.165) is 35.9 Å². The van der Waals surface area contributed by atoms with E-state index in [-0.39, 0.29) is 0 Å². The number of halogens is 1. The van der Waals surface area contributed by atoms with Gasteiger partial charge in [0, 0.05) is 18.5 Å². The maximum absolute atomic E-state index is 5.48. The third-order valence-electron chi connectivity index (χ3n) is 1.84. The largest absolute Gasteiger partial charge is 0.380 e. The fourth-order valence-electron chi connectivity index (χ4n) is 0.987. The maximum atomic E-state index is 5.48. The number of nitrogens with one attached hydrogen (secondary N) is 1. The van der Waals surface area contributed by atoms with Crippen molar-refractivity contribution < 1.29 is 4.74 Å². The molecule has 0 radical (unpaired) electrons. The van der Waals surface area contributed by atoms with Crippen molar-refractivity contribution in [1.29, 1.82) is 0 Å². The first-order chi connectivity index (χ1) is 7.18. The third kappa shape index (κ3) is 6.12. The molecule has 0 unspecified atom stereocenters. The van der Waals surface area contributed by atoms with Gasteiger partial charge in [0.25, 0.3) is 0 Å². The molecule has 1 heterocycles. The average Bonchev–Trinajstić information content (AvgIpc) is 2.57. The second kappa shape index (κ2) is 7.19. The van der Waals surface area contributed by atoms with Crippen LogP contribution in [0.4, 0.5) is 5.13 Å². The predicted molar refractivity (Wildman–Crippen MR) is 68.6 cm³/mol. The van der Waals surface area contributed by atoms with Gasteiger partial charge in [-0.1, -0.05) is 13.8 Å². The van der Waals surface area contributed by atoms with E-state index in [1.807, 2.05) is 5.38 Å².